The van der Waals surface area contributed by atoms with Gasteiger partial charge in [-0.05, 0) is 54.3 Å². The highest BCUT2D eigenvalue weighted by Crippen LogP contribution is 2.30. The standard InChI is InChI=1S/C32H31N5O3/c38-30(15-10-21-6-4-5-7-21)29-14-12-24(19-34-29)35-32(39)31-27-17-22(11-13-28(27)36-37-31)23-16-26(20-33-18-23)40-25-8-2-1-3-9-25/h1-3,8-9,11-14,16-18,20-21,24H,4-7,10,15,19H2,(H,35,39)(H,36,37). The van der Waals surface area contributed by atoms with Crippen molar-refractivity contribution in [2.24, 2.45) is 10.9 Å². The van der Waals surface area contributed by atoms with E-state index in [0.29, 0.717) is 41.4 Å². The molecule has 4 aromatic rings. The minimum absolute atomic E-state index is 0.0893. The van der Waals surface area contributed by atoms with Gasteiger partial charge in [-0.3, -0.25) is 24.7 Å². The Bertz CT molecular complexity index is 1580. The topological polar surface area (TPSA) is 109 Å². The third kappa shape index (κ3) is 5.86. The molecule has 40 heavy (non-hydrogen) atoms. The van der Waals surface area contributed by atoms with Gasteiger partial charge >= 0.3 is 0 Å². The Morgan fingerprint density at radius 1 is 0.975 bits per heavy atom. The molecule has 202 valence electrons. The van der Waals surface area contributed by atoms with Crippen LogP contribution in [0.1, 0.15) is 49.0 Å². The van der Waals surface area contributed by atoms with E-state index in [0.717, 1.165) is 28.8 Å². The number of allylic oxidation sites excluding steroid dienone is 1. The smallest absolute Gasteiger partial charge is 0.272 e. The molecule has 1 unspecified atom stereocenters. The fourth-order valence-electron chi connectivity index (χ4n) is 5.42. The summed E-state index contributed by atoms with van der Waals surface area (Å²) in [6.45, 7) is 0.334. The molecule has 2 aliphatic rings. The lowest BCUT2D eigenvalue weighted by Crippen LogP contribution is -2.38. The number of ketones is 1. The number of carbonyl (C=O) groups excluding carboxylic acids is 2. The van der Waals surface area contributed by atoms with E-state index in [2.05, 4.69) is 25.5 Å². The number of fused-ring (bicyclic) bond motifs is 1. The Labute approximate surface area is 232 Å². The molecule has 3 heterocycles. The molecule has 0 bridgehead atoms. The Morgan fingerprint density at radius 3 is 2.62 bits per heavy atom. The average Bonchev–Trinajstić information content (AvgIpc) is 3.67. The lowest BCUT2D eigenvalue weighted by Gasteiger charge is -2.17. The third-order valence-electron chi connectivity index (χ3n) is 7.60. The molecule has 6 rings (SSSR count). The summed E-state index contributed by atoms with van der Waals surface area (Å²) in [4.78, 5) is 34.6. The van der Waals surface area contributed by atoms with Crippen molar-refractivity contribution in [3.8, 4) is 22.6 Å². The first-order valence-electron chi connectivity index (χ1n) is 13.9. The summed E-state index contributed by atoms with van der Waals surface area (Å²) in [6, 6.07) is 16.9. The molecule has 1 fully saturated rings. The highest BCUT2D eigenvalue weighted by atomic mass is 16.5. The van der Waals surface area contributed by atoms with Crippen LogP contribution < -0.4 is 10.1 Å². The molecule has 0 spiro atoms. The molecule has 8 nitrogen and oxygen atoms in total. The first-order valence-corrected chi connectivity index (χ1v) is 13.9. The highest BCUT2D eigenvalue weighted by molar-refractivity contribution is 6.44. The van der Waals surface area contributed by atoms with E-state index >= 15 is 0 Å². The molecule has 1 amide bonds. The van der Waals surface area contributed by atoms with Crippen LogP contribution in [0, 0.1) is 5.92 Å². The molecule has 2 aromatic carbocycles. The summed E-state index contributed by atoms with van der Waals surface area (Å²) >= 11 is 0. The fraction of sp³-hybridized carbons (Fsp3) is 0.281. The predicted molar refractivity (Wildman–Crippen MR) is 155 cm³/mol. The zero-order chi connectivity index (χ0) is 27.3. The fourth-order valence-corrected chi connectivity index (χ4v) is 5.42. The Balaban J connectivity index is 1.11. The molecule has 1 atom stereocenters. The van der Waals surface area contributed by atoms with Gasteiger partial charge in [0.05, 0.1) is 24.3 Å². The number of aliphatic imine (C=N–C) groups is 1. The number of nitrogens with one attached hydrogen (secondary N) is 2. The number of rotatable bonds is 9. The Morgan fingerprint density at radius 2 is 1.82 bits per heavy atom. The number of pyridine rings is 1. The number of hydrogen-bond donors (Lipinski definition) is 2. The van der Waals surface area contributed by atoms with Crippen molar-refractivity contribution in [1.82, 2.24) is 20.5 Å². The molecule has 1 aliphatic heterocycles. The number of aromatic nitrogens is 3. The van der Waals surface area contributed by atoms with Crippen LogP contribution in [0.2, 0.25) is 0 Å². The summed E-state index contributed by atoms with van der Waals surface area (Å²) in [5.41, 5.74) is 3.31. The number of Topliss-reactive ketones (excluding diaryl/α,β-unsaturated/α-hetero) is 1. The van der Waals surface area contributed by atoms with Crippen molar-refractivity contribution < 1.29 is 14.3 Å². The maximum Gasteiger partial charge on any atom is 0.272 e. The number of ether oxygens (including phenoxy) is 1. The number of H-pyrrole nitrogens is 1. The summed E-state index contributed by atoms with van der Waals surface area (Å²) in [7, 11) is 0. The van der Waals surface area contributed by atoms with E-state index in [9.17, 15) is 9.59 Å². The number of hydrogen-bond acceptors (Lipinski definition) is 6. The highest BCUT2D eigenvalue weighted by Gasteiger charge is 2.22. The summed E-state index contributed by atoms with van der Waals surface area (Å²) < 4.78 is 5.94. The van der Waals surface area contributed by atoms with Gasteiger partial charge in [0.1, 0.15) is 17.2 Å². The van der Waals surface area contributed by atoms with Crippen molar-refractivity contribution >= 4 is 28.3 Å². The maximum absolute atomic E-state index is 13.2. The Kier molecular flexibility index (Phi) is 7.48. The number of carbonyl (C=O) groups is 2. The van der Waals surface area contributed by atoms with Crippen molar-refractivity contribution in [1.29, 1.82) is 0 Å². The lowest BCUT2D eigenvalue weighted by atomic mass is 9.98. The maximum atomic E-state index is 13.2. The molecule has 0 saturated heterocycles. The average molecular weight is 534 g/mol. The lowest BCUT2D eigenvalue weighted by molar-refractivity contribution is -0.113. The van der Waals surface area contributed by atoms with E-state index < -0.39 is 0 Å². The van der Waals surface area contributed by atoms with E-state index in [1.165, 1.54) is 25.7 Å². The quantitative estimate of drug-likeness (QED) is 0.272. The van der Waals surface area contributed by atoms with Crippen LogP contribution >= 0.6 is 0 Å². The minimum atomic E-state index is -0.302. The largest absolute Gasteiger partial charge is 0.456 e. The van der Waals surface area contributed by atoms with Gasteiger partial charge in [-0.15, -0.1) is 0 Å². The number of amides is 1. The van der Waals surface area contributed by atoms with Gasteiger partial charge in [0, 0.05) is 23.6 Å². The second-order valence-corrected chi connectivity index (χ2v) is 10.4. The predicted octanol–water partition coefficient (Wildman–Crippen LogP) is 6.07. The van der Waals surface area contributed by atoms with Gasteiger partial charge in [-0.25, -0.2) is 0 Å². The molecule has 2 aromatic heterocycles. The van der Waals surface area contributed by atoms with Gasteiger partial charge in [0.15, 0.2) is 11.5 Å². The van der Waals surface area contributed by atoms with Gasteiger partial charge in [-0.2, -0.15) is 5.10 Å². The minimum Gasteiger partial charge on any atom is -0.456 e. The van der Waals surface area contributed by atoms with Crippen LogP contribution in [0.5, 0.6) is 11.5 Å². The van der Waals surface area contributed by atoms with Gasteiger partial charge < -0.3 is 10.1 Å². The van der Waals surface area contributed by atoms with Gasteiger partial charge in [-0.1, -0.05) is 56.0 Å². The van der Waals surface area contributed by atoms with Crippen molar-refractivity contribution in [2.75, 3.05) is 6.54 Å². The number of dihydropyridines is 1. The van der Waals surface area contributed by atoms with Crippen molar-refractivity contribution in [3.63, 3.8) is 0 Å². The summed E-state index contributed by atoms with van der Waals surface area (Å²) in [5, 5.41) is 10.9. The van der Waals surface area contributed by atoms with E-state index in [1.54, 1.807) is 18.5 Å². The zero-order valence-corrected chi connectivity index (χ0v) is 22.2. The van der Waals surface area contributed by atoms with Crippen LogP contribution in [-0.2, 0) is 4.79 Å². The molecular formula is C32H31N5O3. The molecule has 1 saturated carbocycles. The molecular weight excluding hydrogens is 502 g/mol. The van der Waals surface area contributed by atoms with E-state index in [-0.39, 0.29) is 17.7 Å². The van der Waals surface area contributed by atoms with Crippen molar-refractivity contribution in [2.45, 2.75) is 44.6 Å². The normalized spacial score (nSPS) is 17.1. The van der Waals surface area contributed by atoms with Crippen LogP contribution in [0.25, 0.3) is 22.0 Å². The number of nitrogens with zero attached hydrogens (tertiary/aromatic N) is 3. The SMILES string of the molecule is O=C(CCC1CCCC1)C1=NCC(NC(=O)c2n[nH]c3ccc(-c4cncc(Oc5ccccc5)c4)cc23)C=C1. The first-order chi connectivity index (χ1) is 19.6. The van der Waals surface area contributed by atoms with E-state index in [1.807, 2.05) is 60.7 Å². The first kappa shape index (κ1) is 25.7. The molecule has 8 heteroatoms. The van der Waals surface area contributed by atoms with Crippen molar-refractivity contribution in [3.05, 3.63) is 84.8 Å². The zero-order valence-electron chi connectivity index (χ0n) is 22.2. The Hall–Kier alpha value is -4.59. The second kappa shape index (κ2) is 11.7. The van der Waals surface area contributed by atoms with E-state index in [4.69, 9.17) is 4.74 Å². The molecule has 0 radical (unpaired) electrons. The summed E-state index contributed by atoms with van der Waals surface area (Å²) in [5.74, 6) is 1.81. The number of benzene rings is 2. The number of para-hydroxylation sites is 1. The molecule has 2 N–H and O–H groups in total. The van der Waals surface area contributed by atoms with Gasteiger partial charge in [0.25, 0.3) is 5.91 Å². The van der Waals surface area contributed by atoms with Crippen LogP contribution in [0.15, 0.2) is 84.1 Å². The van der Waals surface area contributed by atoms with Gasteiger partial charge in [0.2, 0.25) is 0 Å². The third-order valence-corrected chi connectivity index (χ3v) is 7.60. The van der Waals surface area contributed by atoms with Crippen LogP contribution in [0.4, 0.5) is 0 Å². The molecule has 1 aliphatic carbocycles. The van der Waals surface area contributed by atoms with Crippen LogP contribution in [-0.4, -0.2) is 45.2 Å². The van der Waals surface area contributed by atoms with Crippen LogP contribution in [0.3, 0.4) is 0 Å². The number of aromatic amines is 1. The summed E-state index contributed by atoms with van der Waals surface area (Å²) in [6.07, 6.45) is 13.5. The second-order valence-electron chi connectivity index (χ2n) is 10.4. The monoisotopic (exact) mass is 533 g/mol.